The Morgan fingerprint density at radius 1 is 1.05 bits per heavy atom. The molecule has 214 valence electrons. The molecule has 39 heavy (non-hydrogen) atoms. The summed E-state index contributed by atoms with van der Waals surface area (Å²) in [5.41, 5.74) is 5.35. The minimum atomic E-state index is 0.156. The van der Waals surface area contributed by atoms with E-state index >= 15 is 0 Å². The van der Waals surface area contributed by atoms with Crippen LogP contribution in [0.1, 0.15) is 88.2 Å². The zero-order valence-electron chi connectivity index (χ0n) is 25.1. The lowest BCUT2D eigenvalue weighted by Gasteiger charge is -2.44. The summed E-state index contributed by atoms with van der Waals surface area (Å²) >= 11 is 0. The topological polar surface area (TPSA) is 61.7 Å². The van der Waals surface area contributed by atoms with E-state index in [4.69, 9.17) is 0 Å². The Balaban J connectivity index is 1.67. The highest BCUT2D eigenvalue weighted by molar-refractivity contribution is 5.94. The number of carbonyl (C=O) groups is 2. The molecule has 2 atom stereocenters. The number of rotatable bonds is 7. The first-order valence-corrected chi connectivity index (χ1v) is 15.1. The van der Waals surface area contributed by atoms with Gasteiger partial charge in [-0.25, -0.2) is 0 Å². The molecule has 0 spiro atoms. The normalized spacial score (nSPS) is 20.6. The largest absolute Gasteiger partial charge is 0.337 e. The van der Waals surface area contributed by atoms with Crippen LogP contribution in [0, 0.1) is 19.8 Å². The van der Waals surface area contributed by atoms with Crippen LogP contribution in [0.2, 0.25) is 0 Å². The minimum Gasteiger partial charge on any atom is -0.337 e. The van der Waals surface area contributed by atoms with Gasteiger partial charge in [-0.05, 0) is 75.6 Å². The number of aryl methyl sites for hydroxylation is 2. The number of amides is 2. The van der Waals surface area contributed by atoms with Crippen LogP contribution in [0.15, 0.2) is 24.3 Å². The molecule has 7 heteroatoms. The molecule has 0 aliphatic carbocycles. The van der Waals surface area contributed by atoms with Gasteiger partial charge in [0, 0.05) is 63.0 Å². The zero-order chi connectivity index (χ0) is 28.1. The predicted molar refractivity (Wildman–Crippen MR) is 158 cm³/mol. The van der Waals surface area contributed by atoms with E-state index in [1.54, 1.807) is 0 Å². The molecule has 1 fully saturated rings. The number of piperidine rings is 1. The van der Waals surface area contributed by atoms with Crippen molar-refractivity contribution in [2.24, 2.45) is 13.0 Å². The van der Waals surface area contributed by atoms with Crippen LogP contribution in [0.3, 0.4) is 0 Å². The summed E-state index contributed by atoms with van der Waals surface area (Å²) in [7, 11) is 1.97. The van der Waals surface area contributed by atoms with Crippen LogP contribution in [-0.4, -0.2) is 63.1 Å². The third-order valence-electron chi connectivity index (χ3n) is 8.94. The number of hydrogen-bond acceptors (Lipinski definition) is 4. The second-order valence-electron chi connectivity index (χ2n) is 12.0. The fourth-order valence-corrected chi connectivity index (χ4v) is 6.54. The summed E-state index contributed by atoms with van der Waals surface area (Å²) in [5, 5.41) is 4.56. The van der Waals surface area contributed by atoms with E-state index in [0.29, 0.717) is 43.8 Å². The number of fused-ring (bicyclic) bond motifs is 3. The van der Waals surface area contributed by atoms with Gasteiger partial charge in [0.25, 0.3) is 0 Å². The molecule has 3 heterocycles. The van der Waals surface area contributed by atoms with Gasteiger partial charge in [-0.15, -0.1) is 0 Å². The molecule has 1 saturated heterocycles. The molecule has 1 aromatic carbocycles. The van der Waals surface area contributed by atoms with Crippen molar-refractivity contribution in [3.05, 3.63) is 46.8 Å². The van der Waals surface area contributed by atoms with Crippen molar-refractivity contribution in [2.45, 2.75) is 105 Å². The molecule has 0 radical (unpaired) electrons. The van der Waals surface area contributed by atoms with Gasteiger partial charge in [-0.1, -0.05) is 45.4 Å². The van der Waals surface area contributed by atoms with Crippen molar-refractivity contribution in [3.63, 3.8) is 0 Å². The van der Waals surface area contributed by atoms with E-state index in [1.807, 2.05) is 42.6 Å². The third-order valence-corrected chi connectivity index (χ3v) is 8.94. The van der Waals surface area contributed by atoms with Gasteiger partial charge in [0.2, 0.25) is 11.8 Å². The van der Waals surface area contributed by atoms with Crippen LogP contribution in [0.25, 0.3) is 0 Å². The van der Waals surface area contributed by atoms with Gasteiger partial charge in [0.15, 0.2) is 0 Å². The van der Waals surface area contributed by atoms with Gasteiger partial charge >= 0.3 is 0 Å². The van der Waals surface area contributed by atoms with Crippen molar-refractivity contribution in [3.8, 4) is 0 Å². The van der Waals surface area contributed by atoms with Crippen LogP contribution in [-0.2, 0) is 29.6 Å². The SMILES string of the molecule is CCC(=O)N1CCC2CCCC(CN(C(=O)CCc3c(C)nn(C)c3C)Cc3ccccc31)N2CCC(C)C. The Morgan fingerprint density at radius 3 is 2.49 bits per heavy atom. The van der Waals surface area contributed by atoms with Crippen molar-refractivity contribution in [2.75, 3.05) is 24.5 Å². The van der Waals surface area contributed by atoms with Crippen molar-refractivity contribution < 1.29 is 9.59 Å². The fourth-order valence-electron chi connectivity index (χ4n) is 6.54. The first-order valence-electron chi connectivity index (χ1n) is 15.1. The fraction of sp³-hybridized carbons (Fsp3) is 0.656. The summed E-state index contributed by atoms with van der Waals surface area (Å²) in [4.78, 5) is 34.0. The third kappa shape index (κ3) is 6.92. The molecular formula is C32H49N5O2. The summed E-state index contributed by atoms with van der Waals surface area (Å²) in [6.45, 7) is 13.7. The van der Waals surface area contributed by atoms with Crippen LogP contribution in [0.4, 0.5) is 5.69 Å². The van der Waals surface area contributed by atoms with Gasteiger partial charge in [-0.2, -0.15) is 5.10 Å². The minimum absolute atomic E-state index is 0.156. The average Bonchev–Trinajstić information content (AvgIpc) is 3.15. The van der Waals surface area contributed by atoms with Crippen LogP contribution >= 0.6 is 0 Å². The maximum absolute atomic E-state index is 14.0. The number of hydrogen-bond donors (Lipinski definition) is 0. The van der Waals surface area contributed by atoms with E-state index < -0.39 is 0 Å². The van der Waals surface area contributed by atoms with Gasteiger partial charge in [-0.3, -0.25) is 19.2 Å². The summed E-state index contributed by atoms with van der Waals surface area (Å²) in [5.74, 6) is 0.976. The van der Waals surface area contributed by atoms with Gasteiger partial charge < -0.3 is 9.80 Å². The van der Waals surface area contributed by atoms with Crippen molar-refractivity contribution in [1.29, 1.82) is 0 Å². The molecule has 7 nitrogen and oxygen atoms in total. The van der Waals surface area contributed by atoms with E-state index in [1.165, 1.54) is 12.0 Å². The highest BCUT2D eigenvalue weighted by Crippen LogP contribution is 2.31. The monoisotopic (exact) mass is 535 g/mol. The highest BCUT2D eigenvalue weighted by atomic mass is 16.2. The summed E-state index contributed by atoms with van der Waals surface area (Å²) in [6, 6.07) is 9.01. The van der Waals surface area contributed by atoms with Gasteiger partial charge in [0.1, 0.15) is 0 Å². The molecule has 1 aromatic heterocycles. The number of anilines is 1. The number of carbonyl (C=O) groups excluding carboxylic acids is 2. The summed E-state index contributed by atoms with van der Waals surface area (Å²) in [6.07, 6.45) is 7.24. The zero-order valence-corrected chi connectivity index (χ0v) is 25.1. The Hall–Kier alpha value is -2.67. The average molecular weight is 536 g/mol. The number of nitrogens with zero attached hydrogens (tertiary/aromatic N) is 5. The second-order valence-corrected chi connectivity index (χ2v) is 12.0. The Bertz CT molecular complexity index is 1140. The molecule has 2 bridgehead atoms. The van der Waals surface area contributed by atoms with E-state index in [9.17, 15) is 9.59 Å². The molecule has 0 saturated carbocycles. The van der Waals surface area contributed by atoms with Crippen molar-refractivity contribution in [1.82, 2.24) is 19.6 Å². The number of para-hydroxylation sites is 1. The highest BCUT2D eigenvalue weighted by Gasteiger charge is 2.34. The molecule has 2 aliphatic heterocycles. The van der Waals surface area contributed by atoms with E-state index in [0.717, 1.165) is 68.0 Å². The molecule has 2 aromatic rings. The maximum atomic E-state index is 14.0. The smallest absolute Gasteiger partial charge is 0.226 e. The molecule has 2 amide bonds. The molecule has 2 unspecified atom stereocenters. The lowest BCUT2D eigenvalue weighted by molar-refractivity contribution is -0.133. The van der Waals surface area contributed by atoms with Crippen LogP contribution in [0.5, 0.6) is 0 Å². The van der Waals surface area contributed by atoms with Crippen LogP contribution < -0.4 is 4.90 Å². The molecule has 2 aliphatic rings. The lowest BCUT2D eigenvalue weighted by Crippen LogP contribution is -2.53. The molecule has 0 N–H and O–H groups in total. The predicted octanol–water partition coefficient (Wildman–Crippen LogP) is 5.41. The first-order chi connectivity index (χ1) is 18.7. The maximum Gasteiger partial charge on any atom is 0.226 e. The van der Waals surface area contributed by atoms with E-state index in [2.05, 4.69) is 47.8 Å². The quantitative estimate of drug-likeness (QED) is 0.475. The Kier molecular flexibility index (Phi) is 9.86. The molecule has 4 rings (SSSR count). The molecular weight excluding hydrogens is 486 g/mol. The second kappa shape index (κ2) is 13.1. The number of benzene rings is 1. The number of aromatic nitrogens is 2. The Labute approximate surface area is 235 Å². The standard InChI is InChI=1S/C32H49N5O2/c1-7-31(38)37-20-18-27-12-10-13-28(36(27)19-17-23(2)3)22-35(21-26-11-8-9-14-30(26)37)32(39)16-15-29-24(4)33-34(6)25(29)5/h8-9,11,14,23,27-28H,7,10,12-13,15-22H2,1-6H3. The van der Waals surface area contributed by atoms with Gasteiger partial charge in [0.05, 0.1) is 5.69 Å². The van der Waals surface area contributed by atoms with Crippen molar-refractivity contribution >= 4 is 17.5 Å². The Morgan fingerprint density at radius 2 is 1.79 bits per heavy atom. The van der Waals surface area contributed by atoms with E-state index in [-0.39, 0.29) is 11.8 Å². The first kappa shape index (κ1) is 29.3. The lowest BCUT2D eigenvalue weighted by atomic mass is 9.92. The summed E-state index contributed by atoms with van der Waals surface area (Å²) < 4.78 is 1.91.